The van der Waals surface area contributed by atoms with E-state index in [1.165, 1.54) is 25.3 Å². The average Bonchev–Trinajstić information content (AvgIpc) is 2.98. The summed E-state index contributed by atoms with van der Waals surface area (Å²) in [6.07, 6.45) is 4.18. The standard InChI is InChI=1S/C17H16O4.C15H10O7/c1-4-13(11-5-7-12(20-2)8-6-11)14-9-16(19)17(21-3)10-15(14)18;16-7-4-10(19)12-11(5-7)22-15(14(21)13(12)20)6-1-2-8(17)9(18)3-6/h4-10,13H,1H2,2-3H3;1-5,16-19,21H. The van der Waals surface area contributed by atoms with Crippen molar-refractivity contribution in [2.75, 3.05) is 14.2 Å². The van der Waals surface area contributed by atoms with E-state index < -0.39 is 22.7 Å². The van der Waals surface area contributed by atoms with E-state index in [0.29, 0.717) is 5.57 Å². The molecule has 5 rings (SSSR count). The highest BCUT2D eigenvalue weighted by atomic mass is 16.5. The molecule has 5 N–H and O–H groups in total. The molecule has 4 aromatic rings. The lowest BCUT2D eigenvalue weighted by molar-refractivity contribution is -0.117. The molecule has 0 saturated heterocycles. The summed E-state index contributed by atoms with van der Waals surface area (Å²) in [5.74, 6) is -2.83. The van der Waals surface area contributed by atoms with Gasteiger partial charge in [-0.3, -0.25) is 14.4 Å². The predicted octanol–water partition coefficient (Wildman–Crippen LogP) is 4.56. The first-order chi connectivity index (χ1) is 20.5. The maximum absolute atomic E-state index is 12.2. The van der Waals surface area contributed by atoms with Gasteiger partial charge in [-0.1, -0.05) is 18.2 Å². The number of ketones is 2. The Morgan fingerprint density at radius 3 is 2.09 bits per heavy atom. The zero-order valence-corrected chi connectivity index (χ0v) is 22.9. The first-order valence-corrected chi connectivity index (χ1v) is 12.6. The number of ether oxygens (including phenoxy) is 2. The summed E-state index contributed by atoms with van der Waals surface area (Å²) in [4.78, 5) is 36.2. The smallest absolute Gasteiger partial charge is 0.238 e. The second-order valence-electron chi connectivity index (χ2n) is 9.18. The highest BCUT2D eigenvalue weighted by Crippen LogP contribution is 2.37. The van der Waals surface area contributed by atoms with Crippen LogP contribution in [0.15, 0.2) is 99.9 Å². The highest BCUT2D eigenvalue weighted by molar-refractivity contribution is 6.19. The SMILES string of the molecule is C=CC(C1=CC(=O)C(OC)=CC1=O)c1ccc(OC)cc1.O=c1c(O)c(-c2ccc(O)c(O)c2)oc2cc(O)cc(O)c12. The highest BCUT2D eigenvalue weighted by Gasteiger charge is 2.26. The van der Waals surface area contributed by atoms with Gasteiger partial charge in [0.05, 0.1) is 14.2 Å². The van der Waals surface area contributed by atoms with Crippen molar-refractivity contribution in [3.8, 4) is 45.8 Å². The van der Waals surface area contributed by atoms with Gasteiger partial charge in [-0.05, 0) is 42.0 Å². The maximum Gasteiger partial charge on any atom is 0.238 e. The second-order valence-corrected chi connectivity index (χ2v) is 9.18. The summed E-state index contributed by atoms with van der Waals surface area (Å²) in [5, 5.41) is 47.6. The van der Waals surface area contributed by atoms with Crippen molar-refractivity contribution in [1.29, 1.82) is 0 Å². The summed E-state index contributed by atoms with van der Waals surface area (Å²) < 4.78 is 15.3. The lowest BCUT2D eigenvalue weighted by atomic mass is 9.85. The van der Waals surface area contributed by atoms with Crippen LogP contribution in [0.1, 0.15) is 11.5 Å². The Kier molecular flexibility index (Phi) is 8.56. The average molecular weight is 587 g/mol. The van der Waals surface area contributed by atoms with Gasteiger partial charge in [0.15, 0.2) is 28.8 Å². The van der Waals surface area contributed by atoms with E-state index >= 15 is 0 Å². The third-order valence-corrected chi connectivity index (χ3v) is 6.51. The van der Waals surface area contributed by atoms with Crippen LogP contribution in [0.4, 0.5) is 0 Å². The molecule has 1 atom stereocenters. The second kappa shape index (κ2) is 12.3. The van der Waals surface area contributed by atoms with Gasteiger partial charge in [-0.25, -0.2) is 0 Å². The van der Waals surface area contributed by atoms with Gasteiger partial charge in [-0.2, -0.15) is 0 Å². The number of fused-ring (bicyclic) bond motifs is 1. The Bertz CT molecular complexity index is 1860. The van der Waals surface area contributed by atoms with E-state index in [1.807, 2.05) is 12.1 Å². The number of rotatable bonds is 6. The molecule has 0 aliphatic heterocycles. The van der Waals surface area contributed by atoms with Crippen LogP contribution in [0.2, 0.25) is 0 Å². The van der Waals surface area contributed by atoms with Crippen LogP contribution in [-0.4, -0.2) is 51.3 Å². The van der Waals surface area contributed by atoms with Crippen molar-refractivity contribution in [2.24, 2.45) is 0 Å². The van der Waals surface area contributed by atoms with Crippen molar-refractivity contribution < 1.29 is 49.0 Å². The van der Waals surface area contributed by atoms with Crippen LogP contribution in [0.3, 0.4) is 0 Å². The summed E-state index contributed by atoms with van der Waals surface area (Å²) in [6.45, 7) is 3.77. The summed E-state index contributed by atoms with van der Waals surface area (Å²) in [6, 6.07) is 12.9. The molecule has 0 spiro atoms. The number of phenols is 4. The third kappa shape index (κ3) is 6.05. The topological polar surface area (TPSA) is 184 Å². The number of aromatic hydroxyl groups is 5. The van der Waals surface area contributed by atoms with Crippen LogP contribution in [0.5, 0.6) is 34.5 Å². The minimum atomic E-state index is -0.888. The van der Waals surface area contributed by atoms with Crippen LogP contribution >= 0.6 is 0 Å². The number of allylic oxidation sites excluding steroid dienone is 4. The Labute approximate surface area is 244 Å². The summed E-state index contributed by atoms with van der Waals surface area (Å²) in [5.41, 5.74) is 0.368. The number of hydrogen-bond donors (Lipinski definition) is 5. The molecule has 43 heavy (non-hydrogen) atoms. The minimum absolute atomic E-state index is 0.0568. The number of hydrogen-bond acceptors (Lipinski definition) is 11. The van der Waals surface area contributed by atoms with Crippen LogP contribution in [0, 0.1) is 0 Å². The van der Waals surface area contributed by atoms with Gasteiger partial charge in [0, 0.05) is 35.3 Å². The number of carbonyl (C=O) groups is 2. The van der Waals surface area contributed by atoms with E-state index in [4.69, 9.17) is 13.9 Å². The van der Waals surface area contributed by atoms with Gasteiger partial charge in [0.1, 0.15) is 28.2 Å². The van der Waals surface area contributed by atoms with E-state index in [0.717, 1.165) is 35.6 Å². The largest absolute Gasteiger partial charge is 0.508 e. The number of methoxy groups -OCH3 is 2. The summed E-state index contributed by atoms with van der Waals surface area (Å²) >= 11 is 0. The third-order valence-electron chi connectivity index (χ3n) is 6.51. The minimum Gasteiger partial charge on any atom is -0.508 e. The molecule has 1 aliphatic carbocycles. The maximum atomic E-state index is 12.2. The van der Waals surface area contributed by atoms with Gasteiger partial charge >= 0.3 is 0 Å². The molecule has 0 fully saturated rings. The molecule has 1 aliphatic rings. The molecular formula is C32H26O11. The first kappa shape index (κ1) is 30.0. The quantitative estimate of drug-likeness (QED) is 0.121. The van der Waals surface area contributed by atoms with E-state index in [9.17, 15) is 39.9 Å². The van der Waals surface area contributed by atoms with Crippen LogP contribution in [0.25, 0.3) is 22.3 Å². The lowest BCUT2D eigenvalue weighted by Gasteiger charge is -2.18. The van der Waals surface area contributed by atoms with Gasteiger partial charge in [-0.15, -0.1) is 6.58 Å². The summed E-state index contributed by atoms with van der Waals surface area (Å²) in [7, 11) is 2.95. The number of phenolic OH excluding ortho intramolecular Hbond substituents is 4. The van der Waals surface area contributed by atoms with Crippen molar-refractivity contribution in [3.63, 3.8) is 0 Å². The zero-order chi connectivity index (χ0) is 31.4. The van der Waals surface area contributed by atoms with Crippen molar-refractivity contribution in [3.05, 3.63) is 107 Å². The molecule has 0 bridgehead atoms. The van der Waals surface area contributed by atoms with Gasteiger partial charge < -0.3 is 39.4 Å². The van der Waals surface area contributed by atoms with Crippen LogP contribution in [-0.2, 0) is 14.3 Å². The molecule has 11 heteroatoms. The number of carbonyl (C=O) groups excluding carboxylic acids is 2. The molecule has 1 aromatic heterocycles. The normalized spacial score (nSPS) is 13.3. The fourth-order valence-corrected chi connectivity index (χ4v) is 4.35. The van der Waals surface area contributed by atoms with Crippen molar-refractivity contribution in [2.45, 2.75) is 5.92 Å². The Morgan fingerprint density at radius 2 is 1.49 bits per heavy atom. The van der Waals surface area contributed by atoms with Gasteiger partial charge in [0.2, 0.25) is 17.0 Å². The van der Waals surface area contributed by atoms with Gasteiger partial charge in [0.25, 0.3) is 0 Å². The number of benzene rings is 3. The molecule has 1 unspecified atom stereocenters. The molecule has 3 aromatic carbocycles. The first-order valence-electron chi connectivity index (χ1n) is 12.6. The Balaban J connectivity index is 0.000000197. The molecule has 220 valence electrons. The van der Waals surface area contributed by atoms with E-state index in [1.54, 1.807) is 25.3 Å². The fourth-order valence-electron chi connectivity index (χ4n) is 4.35. The van der Waals surface area contributed by atoms with Crippen molar-refractivity contribution in [1.82, 2.24) is 0 Å². The molecule has 0 saturated carbocycles. The van der Waals surface area contributed by atoms with E-state index in [-0.39, 0.29) is 57.0 Å². The molecule has 0 amide bonds. The van der Waals surface area contributed by atoms with Crippen LogP contribution < -0.4 is 10.2 Å². The van der Waals surface area contributed by atoms with E-state index in [2.05, 4.69) is 6.58 Å². The molecular weight excluding hydrogens is 560 g/mol. The van der Waals surface area contributed by atoms with Crippen molar-refractivity contribution >= 4 is 22.5 Å². The Morgan fingerprint density at radius 1 is 0.791 bits per heavy atom. The molecule has 0 radical (unpaired) electrons. The molecule has 1 heterocycles. The lowest BCUT2D eigenvalue weighted by Crippen LogP contribution is -2.18. The fraction of sp³-hybridized carbons (Fsp3) is 0.0938. The zero-order valence-electron chi connectivity index (χ0n) is 22.9. The predicted molar refractivity (Wildman–Crippen MR) is 155 cm³/mol. The molecule has 11 nitrogen and oxygen atoms in total. The monoisotopic (exact) mass is 586 g/mol. The Hall–Kier alpha value is -5.97.